The van der Waals surface area contributed by atoms with Crippen molar-refractivity contribution in [1.29, 1.82) is 0 Å². The van der Waals surface area contributed by atoms with E-state index >= 15 is 0 Å². The van der Waals surface area contributed by atoms with Gasteiger partial charge >= 0.3 is 0 Å². The Morgan fingerprint density at radius 2 is 1.74 bits per heavy atom. The van der Waals surface area contributed by atoms with Crippen molar-refractivity contribution in [3.8, 4) is 0 Å². The summed E-state index contributed by atoms with van der Waals surface area (Å²) in [5.74, 6) is 0.319. The van der Waals surface area contributed by atoms with E-state index in [4.69, 9.17) is 0 Å². The van der Waals surface area contributed by atoms with E-state index in [0.29, 0.717) is 18.7 Å². The molecular formula is C18H27N3O2. The first-order chi connectivity index (χ1) is 11.1. The minimum absolute atomic E-state index is 0.0503. The van der Waals surface area contributed by atoms with Crippen LogP contribution in [0.5, 0.6) is 0 Å². The van der Waals surface area contributed by atoms with Crippen LogP contribution in [0.2, 0.25) is 0 Å². The number of hydrogen-bond donors (Lipinski definition) is 2. The lowest BCUT2D eigenvalue weighted by atomic mass is 10.1. The lowest BCUT2D eigenvalue weighted by Gasteiger charge is -2.17. The summed E-state index contributed by atoms with van der Waals surface area (Å²) in [6.07, 6.45) is 2.02. The quantitative estimate of drug-likeness (QED) is 0.730. The molecule has 1 aromatic rings. The molecule has 0 radical (unpaired) electrons. The van der Waals surface area contributed by atoms with Crippen LogP contribution in [-0.2, 0) is 11.3 Å². The van der Waals surface area contributed by atoms with Crippen LogP contribution >= 0.6 is 0 Å². The molecule has 0 spiro atoms. The first kappa shape index (κ1) is 17.5. The Bertz CT molecular complexity index is 520. The number of amides is 2. The molecule has 2 rings (SSSR count). The predicted octanol–water partition coefficient (Wildman–Crippen LogP) is 1.78. The summed E-state index contributed by atoms with van der Waals surface area (Å²) in [7, 11) is 0. The van der Waals surface area contributed by atoms with Crippen LogP contribution in [-0.4, -0.2) is 42.9 Å². The highest BCUT2D eigenvalue weighted by atomic mass is 16.2. The van der Waals surface area contributed by atoms with E-state index < -0.39 is 0 Å². The van der Waals surface area contributed by atoms with Crippen LogP contribution < -0.4 is 10.6 Å². The van der Waals surface area contributed by atoms with Gasteiger partial charge in [0.1, 0.15) is 0 Å². The Balaban J connectivity index is 1.74. The smallest absolute Gasteiger partial charge is 0.251 e. The van der Waals surface area contributed by atoms with E-state index in [0.717, 1.165) is 38.0 Å². The van der Waals surface area contributed by atoms with Crippen LogP contribution in [0.3, 0.4) is 0 Å². The number of hydrogen-bond acceptors (Lipinski definition) is 3. The highest BCUT2D eigenvalue weighted by molar-refractivity contribution is 5.94. The molecule has 1 fully saturated rings. The van der Waals surface area contributed by atoms with Crippen LogP contribution in [0.4, 0.5) is 0 Å². The van der Waals surface area contributed by atoms with Crippen molar-refractivity contribution in [2.75, 3.05) is 26.2 Å². The molecule has 5 nitrogen and oxygen atoms in total. The summed E-state index contributed by atoms with van der Waals surface area (Å²) < 4.78 is 0. The zero-order chi connectivity index (χ0) is 16.7. The molecule has 1 aromatic carbocycles. The molecule has 0 atom stereocenters. The molecule has 126 valence electrons. The second-order valence-electron chi connectivity index (χ2n) is 5.97. The summed E-state index contributed by atoms with van der Waals surface area (Å²) in [6.45, 7) is 8.27. The van der Waals surface area contributed by atoms with E-state index in [1.165, 1.54) is 0 Å². The molecule has 5 heteroatoms. The van der Waals surface area contributed by atoms with Crippen LogP contribution in [0.1, 0.15) is 42.6 Å². The van der Waals surface area contributed by atoms with Gasteiger partial charge in [0.25, 0.3) is 5.91 Å². The average molecular weight is 317 g/mol. The number of rotatable bonds is 9. The monoisotopic (exact) mass is 317 g/mol. The van der Waals surface area contributed by atoms with Crippen molar-refractivity contribution in [2.45, 2.75) is 33.2 Å². The first-order valence-electron chi connectivity index (χ1n) is 8.51. The molecule has 0 bridgehead atoms. The van der Waals surface area contributed by atoms with Gasteiger partial charge in [-0.2, -0.15) is 0 Å². The van der Waals surface area contributed by atoms with Crippen molar-refractivity contribution in [2.24, 2.45) is 5.92 Å². The van der Waals surface area contributed by atoms with Crippen molar-refractivity contribution in [3.63, 3.8) is 0 Å². The van der Waals surface area contributed by atoms with E-state index in [2.05, 4.69) is 29.4 Å². The maximum atomic E-state index is 12.1. The first-order valence-corrected chi connectivity index (χ1v) is 8.51. The van der Waals surface area contributed by atoms with Crippen molar-refractivity contribution < 1.29 is 9.59 Å². The van der Waals surface area contributed by atoms with Gasteiger partial charge in [-0.3, -0.25) is 9.59 Å². The van der Waals surface area contributed by atoms with Gasteiger partial charge in [-0.1, -0.05) is 26.0 Å². The number of likely N-dealkylation sites (N-methyl/N-ethyl adjacent to an activating group) is 1. The lowest BCUT2D eigenvalue weighted by molar-refractivity contribution is -0.122. The fourth-order valence-electron chi connectivity index (χ4n) is 2.42. The van der Waals surface area contributed by atoms with Crippen molar-refractivity contribution >= 4 is 11.8 Å². The standard InChI is InChI=1S/C18H27N3O2/c1-3-21(4-2)12-11-19-17(22)15-7-5-14(6-8-15)13-20-18(23)16-9-10-16/h5-8,16H,3-4,9-13H2,1-2H3,(H,19,22)(H,20,23). The van der Waals surface area contributed by atoms with E-state index in [1.807, 2.05) is 24.3 Å². The summed E-state index contributed by atoms with van der Waals surface area (Å²) in [6, 6.07) is 7.41. The fourth-order valence-corrected chi connectivity index (χ4v) is 2.42. The van der Waals surface area contributed by atoms with Crippen LogP contribution in [0.25, 0.3) is 0 Å². The van der Waals surface area contributed by atoms with E-state index in [9.17, 15) is 9.59 Å². The number of nitrogens with one attached hydrogen (secondary N) is 2. The summed E-state index contributed by atoms with van der Waals surface area (Å²) in [5.41, 5.74) is 1.67. The van der Waals surface area contributed by atoms with Crippen LogP contribution in [0.15, 0.2) is 24.3 Å². The SMILES string of the molecule is CCN(CC)CCNC(=O)c1ccc(CNC(=O)C2CC2)cc1. The minimum Gasteiger partial charge on any atom is -0.352 e. The highest BCUT2D eigenvalue weighted by Crippen LogP contribution is 2.28. The van der Waals surface area contributed by atoms with Gasteiger partial charge < -0.3 is 15.5 Å². The van der Waals surface area contributed by atoms with Crippen molar-refractivity contribution in [1.82, 2.24) is 15.5 Å². The zero-order valence-electron chi connectivity index (χ0n) is 14.1. The normalized spacial score (nSPS) is 13.9. The molecule has 0 heterocycles. The lowest BCUT2D eigenvalue weighted by Crippen LogP contribution is -2.34. The van der Waals surface area contributed by atoms with Gasteiger partial charge in [-0.15, -0.1) is 0 Å². The summed E-state index contributed by atoms with van der Waals surface area (Å²) in [5, 5.41) is 5.86. The number of benzene rings is 1. The van der Waals surface area contributed by atoms with E-state index in [1.54, 1.807) is 0 Å². The van der Waals surface area contributed by atoms with Crippen molar-refractivity contribution in [3.05, 3.63) is 35.4 Å². The second kappa shape index (κ2) is 8.67. The molecule has 1 saturated carbocycles. The zero-order valence-corrected chi connectivity index (χ0v) is 14.1. The molecule has 0 aliphatic heterocycles. The van der Waals surface area contributed by atoms with Gasteiger partial charge in [0, 0.05) is 31.1 Å². The maximum absolute atomic E-state index is 12.1. The predicted molar refractivity (Wildman–Crippen MR) is 91.1 cm³/mol. The highest BCUT2D eigenvalue weighted by Gasteiger charge is 2.29. The third-order valence-electron chi connectivity index (χ3n) is 4.24. The van der Waals surface area contributed by atoms with Gasteiger partial charge in [-0.05, 0) is 43.6 Å². The average Bonchev–Trinajstić information content (AvgIpc) is 3.42. The molecule has 23 heavy (non-hydrogen) atoms. The van der Waals surface area contributed by atoms with Gasteiger partial charge in [0.15, 0.2) is 0 Å². The van der Waals surface area contributed by atoms with Gasteiger partial charge in [-0.25, -0.2) is 0 Å². The number of carbonyl (C=O) groups is 2. The Labute approximate surface area is 138 Å². The molecule has 2 amide bonds. The largest absolute Gasteiger partial charge is 0.352 e. The Kier molecular flexibility index (Phi) is 6.59. The van der Waals surface area contributed by atoms with E-state index in [-0.39, 0.29) is 17.7 Å². The molecule has 1 aliphatic rings. The molecule has 0 aromatic heterocycles. The number of carbonyl (C=O) groups excluding carboxylic acids is 2. The topological polar surface area (TPSA) is 61.4 Å². The molecule has 1 aliphatic carbocycles. The molecule has 0 saturated heterocycles. The Hall–Kier alpha value is -1.88. The summed E-state index contributed by atoms with van der Waals surface area (Å²) >= 11 is 0. The molecular weight excluding hydrogens is 290 g/mol. The van der Waals surface area contributed by atoms with Gasteiger partial charge in [0.05, 0.1) is 0 Å². The Morgan fingerprint density at radius 3 is 2.30 bits per heavy atom. The summed E-state index contributed by atoms with van der Waals surface area (Å²) in [4.78, 5) is 25.9. The second-order valence-corrected chi connectivity index (χ2v) is 5.97. The third kappa shape index (κ3) is 5.67. The maximum Gasteiger partial charge on any atom is 0.251 e. The third-order valence-corrected chi connectivity index (χ3v) is 4.24. The fraction of sp³-hybridized carbons (Fsp3) is 0.556. The van der Waals surface area contributed by atoms with Crippen LogP contribution in [0, 0.1) is 5.92 Å². The molecule has 2 N–H and O–H groups in total. The van der Waals surface area contributed by atoms with Gasteiger partial charge in [0.2, 0.25) is 5.91 Å². The minimum atomic E-state index is -0.0503. The number of nitrogens with zero attached hydrogens (tertiary/aromatic N) is 1. The molecule has 0 unspecified atom stereocenters. The Morgan fingerprint density at radius 1 is 1.09 bits per heavy atom.